The van der Waals surface area contributed by atoms with Crippen molar-refractivity contribution < 1.29 is 9.90 Å². The van der Waals surface area contributed by atoms with Crippen molar-refractivity contribution in [2.45, 2.75) is 25.5 Å². The first-order valence-electron chi connectivity index (χ1n) is 9.76. The minimum absolute atomic E-state index is 0.0730. The molecule has 0 saturated carbocycles. The van der Waals surface area contributed by atoms with Crippen molar-refractivity contribution in [3.63, 3.8) is 0 Å². The van der Waals surface area contributed by atoms with Gasteiger partial charge in [0.1, 0.15) is 11.9 Å². The van der Waals surface area contributed by atoms with Gasteiger partial charge in [-0.1, -0.05) is 12.1 Å². The first kappa shape index (κ1) is 18.7. The van der Waals surface area contributed by atoms with Crippen LogP contribution in [-0.2, 0) is 0 Å². The van der Waals surface area contributed by atoms with E-state index in [-0.39, 0.29) is 5.91 Å². The highest BCUT2D eigenvalue weighted by Gasteiger charge is 2.19. The van der Waals surface area contributed by atoms with Crippen molar-refractivity contribution in [1.29, 1.82) is 0 Å². The lowest BCUT2D eigenvalue weighted by molar-refractivity contribution is 0.0395. The zero-order valence-electron chi connectivity index (χ0n) is 16.4. The number of fused-ring (bicyclic) bond motifs is 1. The van der Waals surface area contributed by atoms with Gasteiger partial charge in [-0.15, -0.1) is 0 Å². The van der Waals surface area contributed by atoms with Crippen LogP contribution in [0.5, 0.6) is 0 Å². The number of aromatic nitrogens is 2. The molecule has 1 fully saturated rings. The van der Waals surface area contributed by atoms with Crippen molar-refractivity contribution in [1.82, 2.24) is 19.4 Å². The van der Waals surface area contributed by atoms with Crippen LogP contribution < -0.4 is 0 Å². The molecule has 1 aliphatic heterocycles. The van der Waals surface area contributed by atoms with E-state index in [1.165, 1.54) is 6.42 Å². The van der Waals surface area contributed by atoms with Gasteiger partial charge < -0.3 is 14.6 Å². The van der Waals surface area contributed by atoms with E-state index in [4.69, 9.17) is 0 Å². The number of likely N-dealkylation sites (tertiary alicyclic amines) is 1. The largest absolute Gasteiger partial charge is 0.374 e. The number of nitrogens with zero attached hydrogens (tertiary/aromatic N) is 4. The highest BCUT2D eigenvalue weighted by Crippen LogP contribution is 2.23. The van der Waals surface area contributed by atoms with E-state index in [1.54, 1.807) is 11.1 Å². The summed E-state index contributed by atoms with van der Waals surface area (Å²) in [6.45, 7) is 1.67. The molecule has 3 aromatic rings. The summed E-state index contributed by atoms with van der Waals surface area (Å²) in [7, 11) is 3.68. The molecule has 28 heavy (non-hydrogen) atoms. The predicted octanol–water partition coefficient (Wildman–Crippen LogP) is 3.20. The Bertz CT molecular complexity index is 972. The van der Waals surface area contributed by atoms with Crippen LogP contribution in [-0.4, -0.2) is 57.5 Å². The van der Waals surface area contributed by atoms with Gasteiger partial charge in [-0.3, -0.25) is 9.69 Å². The maximum absolute atomic E-state index is 12.7. The minimum Gasteiger partial charge on any atom is -0.374 e. The Hall–Kier alpha value is -2.70. The van der Waals surface area contributed by atoms with Gasteiger partial charge in [-0.2, -0.15) is 0 Å². The molecule has 0 bridgehead atoms. The second kappa shape index (κ2) is 7.73. The molecule has 0 radical (unpaired) electrons. The number of aliphatic hydroxyl groups excluding tert-OH is 1. The van der Waals surface area contributed by atoms with E-state index >= 15 is 0 Å². The third-order valence-electron chi connectivity index (χ3n) is 5.38. The number of carbonyl (C=O) groups is 1. The SMILES string of the molecule is CN(C)C(O)c1ccc(-n2ccc3cc(C(=O)N4CCCCC4)cnc32)cc1. The van der Waals surface area contributed by atoms with Crippen LogP contribution in [0.25, 0.3) is 16.7 Å². The van der Waals surface area contributed by atoms with E-state index in [0.29, 0.717) is 5.56 Å². The molecule has 146 valence electrons. The van der Waals surface area contributed by atoms with Crippen LogP contribution in [0.3, 0.4) is 0 Å². The van der Waals surface area contributed by atoms with Crippen molar-refractivity contribution in [3.05, 3.63) is 59.9 Å². The molecule has 0 spiro atoms. The molecule has 3 heterocycles. The van der Waals surface area contributed by atoms with Gasteiger partial charge in [-0.05, 0) is 63.2 Å². The summed E-state index contributed by atoms with van der Waals surface area (Å²) in [5.41, 5.74) is 3.27. The predicted molar refractivity (Wildman–Crippen MR) is 109 cm³/mol. The first-order chi connectivity index (χ1) is 13.5. The van der Waals surface area contributed by atoms with E-state index in [2.05, 4.69) is 4.98 Å². The monoisotopic (exact) mass is 378 g/mol. The number of carbonyl (C=O) groups excluding carboxylic acids is 1. The molecular formula is C22H26N4O2. The molecule has 1 N–H and O–H groups in total. The molecule has 4 rings (SSSR count). The highest BCUT2D eigenvalue weighted by molar-refractivity contribution is 5.97. The Kier molecular flexibility index (Phi) is 5.15. The van der Waals surface area contributed by atoms with Gasteiger partial charge in [0.05, 0.1) is 5.56 Å². The Balaban J connectivity index is 1.60. The van der Waals surface area contributed by atoms with E-state index in [0.717, 1.165) is 48.2 Å². The lowest BCUT2D eigenvalue weighted by Crippen LogP contribution is -2.35. The Morgan fingerprint density at radius 2 is 1.82 bits per heavy atom. The summed E-state index contributed by atoms with van der Waals surface area (Å²) < 4.78 is 2.00. The fraction of sp³-hybridized carbons (Fsp3) is 0.364. The Morgan fingerprint density at radius 3 is 2.50 bits per heavy atom. The van der Waals surface area contributed by atoms with Gasteiger partial charge in [-0.25, -0.2) is 4.98 Å². The number of amides is 1. The molecule has 6 heteroatoms. The molecule has 6 nitrogen and oxygen atoms in total. The van der Waals surface area contributed by atoms with Crippen LogP contribution in [0.15, 0.2) is 48.8 Å². The maximum Gasteiger partial charge on any atom is 0.255 e. The molecule has 1 atom stereocenters. The third-order valence-corrected chi connectivity index (χ3v) is 5.38. The lowest BCUT2D eigenvalue weighted by Gasteiger charge is -2.26. The first-order valence-corrected chi connectivity index (χ1v) is 9.76. The fourth-order valence-electron chi connectivity index (χ4n) is 3.73. The quantitative estimate of drug-likeness (QED) is 0.708. The van der Waals surface area contributed by atoms with Gasteiger partial charge in [0.15, 0.2) is 0 Å². The van der Waals surface area contributed by atoms with Gasteiger partial charge in [0, 0.05) is 36.6 Å². The van der Waals surface area contributed by atoms with Gasteiger partial charge in [0.25, 0.3) is 5.91 Å². The molecule has 1 unspecified atom stereocenters. The second-order valence-corrected chi connectivity index (χ2v) is 7.60. The topological polar surface area (TPSA) is 61.6 Å². The third kappa shape index (κ3) is 3.53. The summed E-state index contributed by atoms with van der Waals surface area (Å²) in [6, 6.07) is 11.7. The normalized spacial score (nSPS) is 15.9. The highest BCUT2D eigenvalue weighted by atomic mass is 16.3. The summed E-state index contributed by atoms with van der Waals surface area (Å²) in [6.07, 6.45) is 6.38. The smallest absolute Gasteiger partial charge is 0.255 e. The average Bonchev–Trinajstić information content (AvgIpc) is 3.16. The molecule has 2 aromatic heterocycles. The summed E-state index contributed by atoms with van der Waals surface area (Å²) in [5, 5.41) is 11.1. The standard InChI is InChI=1S/C22H26N4O2/c1-24(2)21(27)16-6-8-19(9-7-16)26-13-10-17-14-18(15-23-20(17)26)22(28)25-11-4-3-5-12-25/h6-10,13-15,21,27H,3-5,11-12H2,1-2H3. The zero-order valence-corrected chi connectivity index (χ0v) is 16.4. The van der Waals surface area contributed by atoms with E-state index in [1.807, 2.05) is 66.2 Å². The van der Waals surface area contributed by atoms with Crippen molar-refractivity contribution >= 4 is 16.9 Å². The fourth-order valence-corrected chi connectivity index (χ4v) is 3.73. The maximum atomic E-state index is 12.7. The molecule has 0 aliphatic carbocycles. The van der Waals surface area contributed by atoms with Crippen LogP contribution in [0.1, 0.15) is 41.4 Å². The molecular weight excluding hydrogens is 352 g/mol. The lowest BCUT2D eigenvalue weighted by atomic mass is 10.1. The zero-order chi connectivity index (χ0) is 19.7. The molecule has 1 amide bonds. The van der Waals surface area contributed by atoms with E-state index < -0.39 is 6.23 Å². The second-order valence-electron chi connectivity index (χ2n) is 7.60. The van der Waals surface area contributed by atoms with Crippen LogP contribution >= 0.6 is 0 Å². The van der Waals surface area contributed by atoms with Crippen molar-refractivity contribution in [3.8, 4) is 5.69 Å². The number of hydrogen-bond acceptors (Lipinski definition) is 4. The van der Waals surface area contributed by atoms with Gasteiger partial charge >= 0.3 is 0 Å². The summed E-state index contributed by atoms with van der Waals surface area (Å²) in [4.78, 5) is 21.0. The Labute approximate surface area is 165 Å². The number of aliphatic hydroxyl groups is 1. The summed E-state index contributed by atoms with van der Waals surface area (Å²) in [5.74, 6) is 0.0730. The van der Waals surface area contributed by atoms with Crippen molar-refractivity contribution in [2.24, 2.45) is 0 Å². The number of rotatable bonds is 4. The van der Waals surface area contributed by atoms with E-state index in [9.17, 15) is 9.90 Å². The number of benzene rings is 1. The number of pyridine rings is 1. The number of hydrogen-bond donors (Lipinski definition) is 1. The molecule has 1 aliphatic rings. The molecule has 1 aromatic carbocycles. The van der Waals surface area contributed by atoms with Gasteiger partial charge in [0.2, 0.25) is 0 Å². The molecule has 1 saturated heterocycles. The summed E-state index contributed by atoms with van der Waals surface area (Å²) >= 11 is 0. The minimum atomic E-state index is -0.628. The van der Waals surface area contributed by atoms with Crippen LogP contribution in [0, 0.1) is 0 Å². The number of piperidine rings is 1. The average molecular weight is 378 g/mol. The van der Waals surface area contributed by atoms with Crippen molar-refractivity contribution in [2.75, 3.05) is 27.2 Å². The Morgan fingerprint density at radius 1 is 1.11 bits per heavy atom. The van der Waals surface area contributed by atoms with Crippen LogP contribution in [0.4, 0.5) is 0 Å². The van der Waals surface area contributed by atoms with Crippen LogP contribution in [0.2, 0.25) is 0 Å².